The maximum absolute atomic E-state index is 5.88. The van der Waals surface area contributed by atoms with Crippen molar-refractivity contribution in [3.8, 4) is 5.75 Å². The molecule has 0 aliphatic carbocycles. The third kappa shape index (κ3) is 2.56. The van der Waals surface area contributed by atoms with Crippen molar-refractivity contribution in [2.24, 2.45) is 10.7 Å². The van der Waals surface area contributed by atoms with Gasteiger partial charge in [0.05, 0.1) is 12.1 Å². The minimum Gasteiger partial charge on any atom is -0.494 e. The van der Waals surface area contributed by atoms with E-state index in [0.29, 0.717) is 11.8 Å². The van der Waals surface area contributed by atoms with Crippen LogP contribution in [-0.2, 0) is 5.54 Å². The first-order valence-corrected chi connectivity index (χ1v) is 7.04. The maximum atomic E-state index is 5.88. The van der Waals surface area contributed by atoms with E-state index in [9.17, 15) is 0 Å². The number of hydrogen-bond donors (Lipinski definition) is 2. The van der Waals surface area contributed by atoms with Gasteiger partial charge in [-0.2, -0.15) is 0 Å². The number of hydrogen-bond acceptors (Lipinski definition) is 5. The van der Waals surface area contributed by atoms with Gasteiger partial charge in [-0.1, -0.05) is 11.8 Å². The molecule has 18 heavy (non-hydrogen) atoms. The highest BCUT2D eigenvalue weighted by molar-refractivity contribution is 8.13. The minimum absolute atomic E-state index is 0.338. The first kappa shape index (κ1) is 13.1. The molecule has 0 amide bonds. The van der Waals surface area contributed by atoms with Gasteiger partial charge in [0.2, 0.25) is 0 Å². The second kappa shape index (κ2) is 5.10. The molecule has 1 aromatic carbocycles. The molecular formula is C13H19N3OS. The number of amidine groups is 1. The summed E-state index contributed by atoms with van der Waals surface area (Å²) < 4.78 is 5.67. The number of benzene rings is 1. The molecule has 1 atom stereocenters. The summed E-state index contributed by atoms with van der Waals surface area (Å²) in [6.07, 6.45) is 0.932. The van der Waals surface area contributed by atoms with Crippen LogP contribution >= 0.6 is 11.8 Å². The Morgan fingerprint density at radius 3 is 2.89 bits per heavy atom. The standard InChI is InChI=1S/C13H19N3OS/c1-3-17-11-5-4-9(14)8-10(11)13(2)6-7-18-12(15)16-13/h4-5,8H,3,6-7,14H2,1-2H3,(H2,15,16)/t13-/m0/s1. The smallest absolute Gasteiger partial charge is 0.154 e. The first-order valence-electron chi connectivity index (χ1n) is 6.06. The van der Waals surface area contributed by atoms with E-state index in [1.165, 1.54) is 0 Å². The van der Waals surface area contributed by atoms with E-state index in [-0.39, 0.29) is 5.54 Å². The van der Waals surface area contributed by atoms with Crippen LogP contribution in [0.1, 0.15) is 25.8 Å². The van der Waals surface area contributed by atoms with Crippen LogP contribution in [0.25, 0.3) is 0 Å². The predicted octanol–water partition coefficient (Wildman–Crippen LogP) is 2.33. The SMILES string of the molecule is CCOc1ccc(N)cc1[C@]1(C)CCSC(N)=N1. The highest BCUT2D eigenvalue weighted by Crippen LogP contribution is 2.40. The van der Waals surface area contributed by atoms with Gasteiger partial charge >= 0.3 is 0 Å². The van der Waals surface area contributed by atoms with Crippen LogP contribution in [0, 0.1) is 0 Å². The molecule has 4 nitrogen and oxygen atoms in total. The Balaban J connectivity index is 2.48. The van der Waals surface area contributed by atoms with E-state index in [0.717, 1.165) is 29.2 Å². The van der Waals surface area contributed by atoms with E-state index in [2.05, 4.69) is 11.9 Å². The Labute approximate surface area is 112 Å². The van der Waals surface area contributed by atoms with Gasteiger partial charge in [0.1, 0.15) is 5.75 Å². The van der Waals surface area contributed by atoms with Crippen molar-refractivity contribution in [3.63, 3.8) is 0 Å². The van der Waals surface area contributed by atoms with Crippen molar-refractivity contribution in [3.05, 3.63) is 23.8 Å². The summed E-state index contributed by atoms with van der Waals surface area (Å²) in [6.45, 7) is 4.68. The zero-order valence-electron chi connectivity index (χ0n) is 10.8. The van der Waals surface area contributed by atoms with E-state index in [1.807, 2.05) is 25.1 Å². The summed E-state index contributed by atoms with van der Waals surface area (Å²) in [5, 5.41) is 0.633. The Hall–Kier alpha value is -1.36. The van der Waals surface area contributed by atoms with Crippen molar-refractivity contribution in [1.82, 2.24) is 0 Å². The summed E-state index contributed by atoms with van der Waals surface area (Å²) in [4.78, 5) is 4.59. The van der Waals surface area contributed by atoms with Gasteiger partial charge in [-0.3, -0.25) is 4.99 Å². The number of nitrogens with zero attached hydrogens (tertiary/aromatic N) is 1. The largest absolute Gasteiger partial charge is 0.494 e. The lowest BCUT2D eigenvalue weighted by atomic mass is 9.88. The molecule has 0 aromatic heterocycles. The van der Waals surface area contributed by atoms with Crippen molar-refractivity contribution in [2.45, 2.75) is 25.8 Å². The number of thioether (sulfide) groups is 1. The number of nitrogens with two attached hydrogens (primary N) is 2. The molecule has 1 aliphatic heterocycles. The molecule has 0 unspecified atom stereocenters. The molecule has 1 heterocycles. The van der Waals surface area contributed by atoms with E-state index in [4.69, 9.17) is 16.2 Å². The normalized spacial score (nSPS) is 23.6. The lowest BCUT2D eigenvalue weighted by molar-refractivity contribution is 0.325. The molecule has 2 rings (SSSR count). The number of nitrogen functional groups attached to an aromatic ring is 1. The van der Waals surface area contributed by atoms with Crippen LogP contribution in [0.15, 0.2) is 23.2 Å². The van der Waals surface area contributed by atoms with Gasteiger partial charge in [0.15, 0.2) is 5.17 Å². The van der Waals surface area contributed by atoms with Crippen LogP contribution in [0.3, 0.4) is 0 Å². The minimum atomic E-state index is -0.338. The van der Waals surface area contributed by atoms with Gasteiger partial charge in [0.25, 0.3) is 0 Å². The molecule has 0 fully saturated rings. The molecule has 0 spiro atoms. The fourth-order valence-electron chi connectivity index (χ4n) is 2.13. The van der Waals surface area contributed by atoms with Crippen molar-refractivity contribution in [2.75, 3.05) is 18.1 Å². The summed E-state index contributed by atoms with van der Waals surface area (Å²) in [7, 11) is 0. The average molecular weight is 265 g/mol. The fourth-order valence-corrected chi connectivity index (χ4v) is 3.11. The summed E-state index contributed by atoms with van der Waals surface area (Å²) >= 11 is 1.59. The highest BCUT2D eigenvalue weighted by atomic mass is 32.2. The number of rotatable bonds is 3. The van der Waals surface area contributed by atoms with Gasteiger partial charge in [0, 0.05) is 17.0 Å². The van der Waals surface area contributed by atoms with E-state index in [1.54, 1.807) is 11.8 Å². The molecule has 0 bridgehead atoms. The topological polar surface area (TPSA) is 73.6 Å². The van der Waals surface area contributed by atoms with Crippen LogP contribution in [0.5, 0.6) is 5.75 Å². The lowest BCUT2D eigenvalue weighted by Crippen LogP contribution is -2.29. The zero-order chi connectivity index (χ0) is 13.2. The number of anilines is 1. The number of ether oxygens (including phenoxy) is 1. The first-order chi connectivity index (χ1) is 8.55. The molecule has 1 aliphatic rings. The Morgan fingerprint density at radius 1 is 1.44 bits per heavy atom. The molecule has 98 valence electrons. The van der Waals surface area contributed by atoms with E-state index >= 15 is 0 Å². The van der Waals surface area contributed by atoms with Crippen LogP contribution in [0.4, 0.5) is 5.69 Å². The average Bonchev–Trinajstić information content (AvgIpc) is 2.31. The van der Waals surface area contributed by atoms with Gasteiger partial charge in [-0.15, -0.1) is 0 Å². The molecule has 1 aromatic rings. The third-order valence-corrected chi connectivity index (χ3v) is 3.87. The molecule has 5 heteroatoms. The Kier molecular flexibility index (Phi) is 3.71. The highest BCUT2D eigenvalue weighted by Gasteiger charge is 2.32. The summed E-state index contributed by atoms with van der Waals surface area (Å²) in [5.74, 6) is 1.81. The lowest BCUT2D eigenvalue weighted by Gasteiger charge is -2.31. The Bertz CT molecular complexity index is 475. The second-order valence-electron chi connectivity index (χ2n) is 4.51. The molecular weight excluding hydrogens is 246 g/mol. The number of aliphatic imine (C=N–C) groups is 1. The van der Waals surface area contributed by atoms with Gasteiger partial charge < -0.3 is 16.2 Å². The van der Waals surface area contributed by atoms with Crippen LogP contribution in [0.2, 0.25) is 0 Å². The van der Waals surface area contributed by atoms with Crippen LogP contribution in [-0.4, -0.2) is 17.5 Å². The van der Waals surface area contributed by atoms with E-state index < -0.39 is 0 Å². The van der Waals surface area contributed by atoms with Crippen molar-refractivity contribution >= 4 is 22.6 Å². The predicted molar refractivity (Wildman–Crippen MR) is 78.1 cm³/mol. The van der Waals surface area contributed by atoms with Crippen molar-refractivity contribution < 1.29 is 4.74 Å². The molecule has 0 radical (unpaired) electrons. The second-order valence-corrected chi connectivity index (χ2v) is 5.63. The van der Waals surface area contributed by atoms with Crippen molar-refractivity contribution in [1.29, 1.82) is 0 Å². The summed E-state index contributed by atoms with van der Waals surface area (Å²) in [6, 6.07) is 5.70. The molecule has 0 saturated heterocycles. The third-order valence-electron chi connectivity index (χ3n) is 3.08. The van der Waals surface area contributed by atoms with Gasteiger partial charge in [-0.05, 0) is 38.5 Å². The zero-order valence-corrected chi connectivity index (χ0v) is 11.6. The maximum Gasteiger partial charge on any atom is 0.154 e. The fraction of sp³-hybridized carbons (Fsp3) is 0.462. The molecule has 0 saturated carbocycles. The monoisotopic (exact) mass is 265 g/mol. The summed E-state index contributed by atoms with van der Waals surface area (Å²) in [5.41, 5.74) is 13.1. The van der Waals surface area contributed by atoms with Gasteiger partial charge in [-0.25, -0.2) is 0 Å². The molecule has 4 N–H and O–H groups in total. The quantitative estimate of drug-likeness (QED) is 0.823. The van der Waals surface area contributed by atoms with Crippen LogP contribution < -0.4 is 16.2 Å². The Morgan fingerprint density at radius 2 is 2.22 bits per heavy atom.